The molecule has 1 aliphatic rings. The molecule has 0 aliphatic carbocycles. The van der Waals surface area contributed by atoms with Crippen molar-refractivity contribution in [3.63, 3.8) is 0 Å². The van der Waals surface area contributed by atoms with Gasteiger partial charge in [0.2, 0.25) is 5.91 Å². The minimum absolute atomic E-state index is 0.152. The molecule has 4 aromatic rings. The number of carbonyl (C=O) groups is 1. The van der Waals surface area contributed by atoms with E-state index in [1.165, 1.54) is 5.56 Å². The van der Waals surface area contributed by atoms with Crippen LogP contribution in [0.5, 0.6) is 5.75 Å². The van der Waals surface area contributed by atoms with E-state index in [1.54, 1.807) is 7.11 Å². The van der Waals surface area contributed by atoms with Crippen molar-refractivity contribution in [3.8, 4) is 17.3 Å². The van der Waals surface area contributed by atoms with Gasteiger partial charge in [-0.25, -0.2) is 4.68 Å². The van der Waals surface area contributed by atoms with E-state index < -0.39 is 0 Å². The lowest BCUT2D eigenvalue weighted by molar-refractivity contribution is -0.131. The molecule has 2 aromatic carbocycles. The van der Waals surface area contributed by atoms with Gasteiger partial charge in [-0.2, -0.15) is 5.10 Å². The van der Waals surface area contributed by atoms with Crippen LogP contribution in [-0.4, -0.2) is 32.3 Å². The van der Waals surface area contributed by atoms with Crippen LogP contribution < -0.4 is 4.74 Å². The van der Waals surface area contributed by atoms with Crippen LogP contribution in [0, 0.1) is 6.92 Å². The Morgan fingerprint density at radius 2 is 1.81 bits per heavy atom. The van der Waals surface area contributed by atoms with E-state index in [1.807, 2.05) is 64.4 Å². The van der Waals surface area contributed by atoms with Crippen LogP contribution in [0.4, 0.5) is 0 Å². The van der Waals surface area contributed by atoms with Gasteiger partial charge in [0.05, 0.1) is 31.6 Å². The van der Waals surface area contributed by atoms with E-state index >= 15 is 0 Å². The van der Waals surface area contributed by atoms with Gasteiger partial charge in [0.25, 0.3) is 0 Å². The maximum absolute atomic E-state index is 13.0. The molecule has 5 rings (SSSR count). The van der Waals surface area contributed by atoms with Crippen molar-refractivity contribution >= 4 is 5.91 Å². The highest BCUT2D eigenvalue weighted by atomic mass is 16.5. The van der Waals surface area contributed by atoms with Crippen LogP contribution >= 0.6 is 0 Å². The molecule has 0 unspecified atom stereocenters. The summed E-state index contributed by atoms with van der Waals surface area (Å²) in [5.74, 6) is 1.98. The fraction of sp³-hybridized carbons (Fsp3) is 0.231. The van der Waals surface area contributed by atoms with Crippen LogP contribution in [-0.2, 0) is 24.3 Å². The molecule has 0 saturated heterocycles. The first-order valence-corrected chi connectivity index (χ1v) is 10.8. The number of amides is 1. The molecular formula is C26H26N4O2. The zero-order chi connectivity index (χ0) is 22.1. The topological polar surface area (TPSA) is 52.3 Å². The number of fused-ring (bicyclic) bond motifs is 1. The van der Waals surface area contributed by atoms with E-state index in [0.717, 1.165) is 34.1 Å². The molecule has 32 heavy (non-hydrogen) atoms. The highest BCUT2D eigenvalue weighted by molar-refractivity contribution is 5.77. The summed E-state index contributed by atoms with van der Waals surface area (Å²) in [7, 11) is 1.66. The molecule has 0 atom stereocenters. The Morgan fingerprint density at radius 1 is 1.03 bits per heavy atom. The highest BCUT2D eigenvalue weighted by Gasteiger charge is 2.31. The van der Waals surface area contributed by atoms with E-state index in [4.69, 9.17) is 9.84 Å². The van der Waals surface area contributed by atoms with E-state index in [9.17, 15) is 4.79 Å². The SMILES string of the molecule is COc1ccc(CCC(=O)N2Cc3nn(-c4cccc(C)c4)c(-n4cccc4)c3C2)cc1. The summed E-state index contributed by atoms with van der Waals surface area (Å²) >= 11 is 0. The normalized spacial score (nSPS) is 12.8. The van der Waals surface area contributed by atoms with Gasteiger partial charge in [-0.15, -0.1) is 0 Å². The highest BCUT2D eigenvalue weighted by Crippen LogP contribution is 2.31. The Bertz CT molecular complexity index is 1240. The van der Waals surface area contributed by atoms with E-state index in [0.29, 0.717) is 25.9 Å². The van der Waals surface area contributed by atoms with Crippen LogP contribution in [0.2, 0.25) is 0 Å². The maximum Gasteiger partial charge on any atom is 0.223 e. The number of hydrogen-bond donors (Lipinski definition) is 0. The van der Waals surface area contributed by atoms with Gasteiger partial charge in [0, 0.05) is 24.4 Å². The van der Waals surface area contributed by atoms with Crippen molar-refractivity contribution in [2.45, 2.75) is 32.9 Å². The molecule has 3 heterocycles. The smallest absolute Gasteiger partial charge is 0.223 e. The van der Waals surface area contributed by atoms with E-state index in [-0.39, 0.29) is 5.91 Å². The number of ether oxygens (including phenoxy) is 1. The second-order valence-electron chi connectivity index (χ2n) is 8.19. The van der Waals surface area contributed by atoms with Crippen LogP contribution in [0.25, 0.3) is 11.5 Å². The van der Waals surface area contributed by atoms with Crippen molar-refractivity contribution in [2.24, 2.45) is 0 Å². The standard InChI is InChI=1S/C26H26N4O2/c1-19-6-5-7-21(16-19)30-26(28-14-3-4-15-28)23-17-29(18-24(23)27-30)25(31)13-10-20-8-11-22(32-2)12-9-20/h3-9,11-12,14-16H,10,13,17-18H2,1-2H3. The summed E-state index contributed by atoms with van der Waals surface area (Å²) in [6, 6.07) is 20.2. The van der Waals surface area contributed by atoms with Crippen LogP contribution in [0.15, 0.2) is 73.1 Å². The third-order valence-corrected chi connectivity index (χ3v) is 5.96. The summed E-state index contributed by atoms with van der Waals surface area (Å²) in [6.45, 7) is 3.21. The molecule has 0 spiro atoms. The Kier molecular flexibility index (Phi) is 5.27. The minimum Gasteiger partial charge on any atom is -0.497 e. The summed E-state index contributed by atoms with van der Waals surface area (Å²) in [6.07, 6.45) is 5.24. The van der Waals surface area contributed by atoms with E-state index in [2.05, 4.69) is 29.7 Å². The first-order valence-electron chi connectivity index (χ1n) is 10.8. The molecule has 1 aliphatic heterocycles. The fourth-order valence-corrected chi connectivity index (χ4v) is 4.26. The molecular weight excluding hydrogens is 400 g/mol. The lowest BCUT2D eigenvalue weighted by Crippen LogP contribution is -2.26. The number of rotatable bonds is 6. The monoisotopic (exact) mass is 426 g/mol. The Balaban J connectivity index is 1.36. The van der Waals surface area contributed by atoms with Crippen LogP contribution in [0.3, 0.4) is 0 Å². The van der Waals surface area contributed by atoms with Crippen molar-refractivity contribution in [1.29, 1.82) is 0 Å². The third kappa shape index (κ3) is 3.80. The number of aromatic nitrogens is 3. The number of carbonyl (C=O) groups excluding carboxylic acids is 1. The number of nitrogens with zero attached hydrogens (tertiary/aromatic N) is 4. The van der Waals surface area contributed by atoms with Crippen molar-refractivity contribution in [1.82, 2.24) is 19.2 Å². The second-order valence-corrected chi connectivity index (χ2v) is 8.19. The molecule has 0 saturated carbocycles. The number of methoxy groups -OCH3 is 1. The van der Waals surface area contributed by atoms with Crippen molar-refractivity contribution < 1.29 is 9.53 Å². The molecule has 1 amide bonds. The molecule has 0 N–H and O–H groups in total. The molecule has 6 heteroatoms. The first-order chi connectivity index (χ1) is 15.6. The van der Waals surface area contributed by atoms with Crippen molar-refractivity contribution in [3.05, 3.63) is 95.4 Å². The third-order valence-electron chi connectivity index (χ3n) is 5.96. The predicted molar refractivity (Wildman–Crippen MR) is 123 cm³/mol. The summed E-state index contributed by atoms with van der Waals surface area (Å²) in [5, 5.41) is 4.92. The van der Waals surface area contributed by atoms with Crippen LogP contribution in [0.1, 0.15) is 28.8 Å². The second kappa shape index (κ2) is 8.38. The quantitative estimate of drug-likeness (QED) is 0.458. The zero-order valence-electron chi connectivity index (χ0n) is 18.4. The average Bonchev–Trinajstić information content (AvgIpc) is 3.54. The largest absolute Gasteiger partial charge is 0.497 e. The molecule has 0 radical (unpaired) electrons. The Labute approximate surface area is 187 Å². The number of hydrogen-bond acceptors (Lipinski definition) is 3. The fourth-order valence-electron chi connectivity index (χ4n) is 4.26. The van der Waals surface area contributed by atoms with Crippen molar-refractivity contribution in [2.75, 3.05) is 7.11 Å². The Morgan fingerprint density at radius 3 is 2.53 bits per heavy atom. The summed E-state index contributed by atoms with van der Waals surface area (Å²) in [5.41, 5.74) is 5.43. The molecule has 0 bridgehead atoms. The number of benzene rings is 2. The lowest BCUT2D eigenvalue weighted by Gasteiger charge is -2.18. The summed E-state index contributed by atoms with van der Waals surface area (Å²) in [4.78, 5) is 14.9. The first kappa shape index (κ1) is 20.1. The minimum atomic E-state index is 0.152. The summed E-state index contributed by atoms with van der Waals surface area (Å²) < 4.78 is 9.29. The van der Waals surface area contributed by atoms with Gasteiger partial charge in [-0.05, 0) is 60.9 Å². The maximum atomic E-state index is 13.0. The van der Waals surface area contributed by atoms with Gasteiger partial charge in [0.15, 0.2) is 0 Å². The van der Waals surface area contributed by atoms with Gasteiger partial charge in [0.1, 0.15) is 11.6 Å². The molecule has 162 valence electrons. The van der Waals surface area contributed by atoms with Gasteiger partial charge in [-0.3, -0.25) is 4.79 Å². The lowest BCUT2D eigenvalue weighted by atomic mass is 10.1. The molecule has 0 fully saturated rings. The zero-order valence-corrected chi connectivity index (χ0v) is 18.4. The molecule has 6 nitrogen and oxygen atoms in total. The average molecular weight is 427 g/mol. The van der Waals surface area contributed by atoms with Gasteiger partial charge in [-0.1, -0.05) is 24.3 Å². The van der Waals surface area contributed by atoms with Gasteiger partial charge >= 0.3 is 0 Å². The number of aryl methyl sites for hydroxylation is 2. The van der Waals surface area contributed by atoms with Gasteiger partial charge < -0.3 is 14.2 Å². The Hall–Kier alpha value is -3.80. The predicted octanol–water partition coefficient (Wildman–Crippen LogP) is 4.46. The molecule has 2 aromatic heterocycles.